The van der Waals surface area contributed by atoms with Gasteiger partial charge in [0, 0.05) is 16.3 Å². The summed E-state index contributed by atoms with van der Waals surface area (Å²) in [4.78, 5) is 15.3. The van der Waals surface area contributed by atoms with Crippen LogP contribution < -0.4 is 4.72 Å². The molecule has 0 atom stereocenters. The first-order chi connectivity index (χ1) is 14.2. The predicted molar refractivity (Wildman–Crippen MR) is 114 cm³/mol. The molecule has 0 saturated carbocycles. The lowest BCUT2D eigenvalue weighted by atomic mass is 10.1. The predicted octanol–water partition coefficient (Wildman–Crippen LogP) is 4.97. The molecule has 0 bridgehead atoms. The molecule has 0 unspecified atom stereocenters. The topological polar surface area (TPSA) is 96.4 Å². The van der Waals surface area contributed by atoms with E-state index in [0.717, 1.165) is 0 Å². The fourth-order valence-corrected chi connectivity index (χ4v) is 5.19. The van der Waals surface area contributed by atoms with E-state index in [4.69, 9.17) is 11.6 Å². The first kappa shape index (κ1) is 22.1. The zero-order valence-electron chi connectivity index (χ0n) is 15.6. The number of carboxylic acid groups (broad SMARTS) is 1. The minimum atomic E-state index is -4.14. The average molecular weight is 467 g/mol. The summed E-state index contributed by atoms with van der Waals surface area (Å²) in [5.41, 5.74) is 0.575. The standard InChI is InChI=1S/C20H16ClFN2O4S2/c1-12-4-2-7-17(19(12)20(25)26)30(27,28)24-13-8-9-18(23-10-13)29-11-14-15(21)5-3-6-16(14)22/h2-10,24H,11H2,1H3,(H,25,26). The second-order valence-electron chi connectivity index (χ2n) is 6.23. The number of carboxylic acids is 1. The van der Waals surface area contributed by atoms with Gasteiger partial charge in [-0.2, -0.15) is 0 Å². The number of hydrogen-bond donors (Lipinski definition) is 2. The van der Waals surface area contributed by atoms with Gasteiger partial charge >= 0.3 is 5.97 Å². The number of hydrogen-bond acceptors (Lipinski definition) is 5. The Labute approximate surface area is 182 Å². The van der Waals surface area contributed by atoms with Crippen molar-refractivity contribution in [1.82, 2.24) is 4.98 Å². The number of aromatic carboxylic acids is 1. The molecule has 10 heteroatoms. The van der Waals surface area contributed by atoms with Crippen molar-refractivity contribution in [2.45, 2.75) is 22.6 Å². The van der Waals surface area contributed by atoms with Crippen LogP contribution in [0.3, 0.4) is 0 Å². The summed E-state index contributed by atoms with van der Waals surface area (Å²) in [6.07, 6.45) is 1.30. The Morgan fingerprint density at radius 2 is 1.93 bits per heavy atom. The molecule has 30 heavy (non-hydrogen) atoms. The summed E-state index contributed by atoms with van der Waals surface area (Å²) in [5.74, 6) is -1.48. The Bertz CT molecular complexity index is 1180. The first-order valence-corrected chi connectivity index (χ1v) is 11.4. The van der Waals surface area contributed by atoms with Crippen LogP contribution >= 0.6 is 23.4 Å². The van der Waals surface area contributed by atoms with Crippen molar-refractivity contribution in [2.24, 2.45) is 0 Å². The average Bonchev–Trinajstić information content (AvgIpc) is 2.68. The number of rotatable bonds is 7. The summed E-state index contributed by atoms with van der Waals surface area (Å²) in [6.45, 7) is 1.53. The van der Waals surface area contributed by atoms with Crippen LogP contribution in [0, 0.1) is 12.7 Å². The number of sulfonamides is 1. The van der Waals surface area contributed by atoms with E-state index in [1.165, 1.54) is 61.3 Å². The molecule has 3 aromatic rings. The van der Waals surface area contributed by atoms with Gasteiger partial charge in [-0.25, -0.2) is 22.6 Å². The van der Waals surface area contributed by atoms with Crippen LogP contribution in [0.2, 0.25) is 5.02 Å². The number of aromatic nitrogens is 1. The van der Waals surface area contributed by atoms with Crippen molar-refractivity contribution >= 4 is 45.0 Å². The van der Waals surface area contributed by atoms with Crippen molar-refractivity contribution in [3.8, 4) is 0 Å². The third-order valence-electron chi connectivity index (χ3n) is 4.15. The maximum atomic E-state index is 13.8. The van der Waals surface area contributed by atoms with E-state index in [2.05, 4.69) is 9.71 Å². The molecule has 0 saturated heterocycles. The molecule has 0 aliphatic heterocycles. The van der Waals surface area contributed by atoms with E-state index in [-0.39, 0.29) is 21.9 Å². The summed E-state index contributed by atoms with van der Waals surface area (Å²) in [5, 5.41) is 10.2. The van der Waals surface area contributed by atoms with Crippen molar-refractivity contribution in [3.63, 3.8) is 0 Å². The van der Waals surface area contributed by atoms with Crippen LogP contribution in [0.4, 0.5) is 10.1 Å². The van der Waals surface area contributed by atoms with E-state index in [1.807, 2.05) is 0 Å². The maximum Gasteiger partial charge on any atom is 0.337 e. The lowest BCUT2D eigenvalue weighted by Gasteiger charge is -2.12. The highest BCUT2D eigenvalue weighted by molar-refractivity contribution is 7.98. The molecular weight excluding hydrogens is 451 g/mol. The third kappa shape index (κ3) is 4.92. The van der Waals surface area contributed by atoms with Gasteiger partial charge in [0.25, 0.3) is 10.0 Å². The van der Waals surface area contributed by atoms with Gasteiger partial charge in [0.05, 0.1) is 22.5 Å². The highest BCUT2D eigenvalue weighted by atomic mass is 35.5. The Morgan fingerprint density at radius 1 is 1.20 bits per heavy atom. The van der Waals surface area contributed by atoms with Crippen LogP contribution in [0.1, 0.15) is 21.5 Å². The molecule has 0 aliphatic carbocycles. The van der Waals surface area contributed by atoms with Crippen LogP contribution in [0.15, 0.2) is 64.6 Å². The Kier molecular flexibility index (Phi) is 6.64. The number of nitrogens with zero attached hydrogens (tertiary/aromatic N) is 1. The van der Waals surface area contributed by atoms with Crippen LogP contribution in [0.25, 0.3) is 0 Å². The molecule has 0 radical (unpaired) electrons. The van der Waals surface area contributed by atoms with E-state index in [0.29, 0.717) is 21.2 Å². The lowest BCUT2D eigenvalue weighted by Crippen LogP contribution is -2.18. The number of benzene rings is 2. The molecule has 6 nitrogen and oxygen atoms in total. The van der Waals surface area contributed by atoms with Gasteiger partial charge in [-0.1, -0.05) is 29.8 Å². The maximum absolute atomic E-state index is 13.8. The molecule has 0 aliphatic rings. The van der Waals surface area contributed by atoms with E-state index < -0.39 is 21.8 Å². The van der Waals surface area contributed by atoms with Crippen LogP contribution in [-0.2, 0) is 15.8 Å². The molecular formula is C20H16ClFN2O4S2. The van der Waals surface area contributed by atoms with Gasteiger partial charge in [-0.15, -0.1) is 11.8 Å². The highest BCUT2D eigenvalue weighted by Gasteiger charge is 2.24. The Hall–Kier alpha value is -2.62. The molecule has 2 aromatic carbocycles. The first-order valence-electron chi connectivity index (χ1n) is 8.56. The quantitative estimate of drug-likeness (QED) is 0.477. The minimum absolute atomic E-state index is 0.168. The number of anilines is 1. The fraction of sp³-hybridized carbons (Fsp3) is 0.100. The largest absolute Gasteiger partial charge is 0.478 e. The van der Waals surface area contributed by atoms with E-state index in [1.54, 1.807) is 12.1 Å². The third-order valence-corrected chi connectivity index (χ3v) is 6.90. The summed E-state index contributed by atoms with van der Waals surface area (Å²) in [7, 11) is -4.14. The number of halogens is 2. The summed E-state index contributed by atoms with van der Waals surface area (Å²) in [6, 6.07) is 11.7. The Morgan fingerprint density at radius 3 is 2.57 bits per heavy atom. The highest BCUT2D eigenvalue weighted by Crippen LogP contribution is 2.28. The van der Waals surface area contributed by atoms with Gasteiger partial charge in [0.1, 0.15) is 10.7 Å². The zero-order valence-corrected chi connectivity index (χ0v) is 18.0. The molecule has 1 heterocycles. The second kappa shape index (κ2) is 9.03. The number of nitrogens with one attached hydrogen (secondary N) is 1. The normalized spacial score (nSPS) is 11.3. The fourth-order valence-electron chi connectivity index (χ4n) is 2.69. The van der Waals surface area contributed by atoms with Crippen molar-refractivity contribution in [1.29, 1.82) is 0 Å². The van der Waals surface area contributed by atoms with Crippen LogP contribution in [0.5, 0.6) is 0 Å². The van der Waals surface area contributed by atoms with Gasteiger partial charge < -0.3 is 5.11 Å². The molecule has 0 spiro atoms. The lowest BCUT2D eigenvalue weighted by molar-refractivity contribution is 0.0692. The second-order valence-corrected chi connectivity index (χ2v) is 9.29. The van der Waals surface area contributed by atoms with Gasteiger partial charge in [-0.05, 0) is 42.8 Å². The van der Waals surface area contributed by atoms with E-state index >= 15 is 0 Å². The van der Waals surface area contributed by atoms with Gasteiger partial charge in [0.15, 0.2) is 0 Å². The molecule has 1 aromatic heterocycles. The SMILES string of the molecule is Cc1cccc(S(=O)(=O)Nc2ccc(SCc3c(F)cccc3Cl)nc2)c1C(=O)O. The van der Waals surface area contributed by atoms with Crippen molar-refractivity contribution < 1.29 is 22.7 Å². The van der Waals surface area contributed by atoms with Gasteiger partial charge in [0.2, 0.25) is 0 Å². The number of aryl methyl sites for hydroxylation is 1. The molecule has 156 valence electrons. The number of carbonyl (C=O) groups is 1. The molecule has 3 rings (SSSR count). The van der Waals surface area contributed by atoms with E-state index in [9.17, 15) is 22.7 Å². The number of thioether (sulfide) groups is 1. The molecule has 2 N–H and O–H groups in total. The summed E-state index contributed by atoms with van der Waals surface area (Å²) < 4.78 is 41.5. The molecule has 0 fully saturated rings. The van der Waals surface area contributed by atoms with Gasteiger partial charge in [-0.3, -0.25) is 4.72 Å². The molecule has 0 amide bonds. The van der Waals surface area contributed by atoms with Crippen molar-refractivity contribution in [3.05, 3.63) is 82.3 Å². The zero-order chi connectivity index (χ0) is 21.9. The van der Waals surface area contributed by atoms with Crippen molar-refractivity contribution in [2.75, 3.05) is 4.72 Å². The Balaban J connectivity index is 1.76. The minimum Gasteiger partial charge on any atom is -0.478 e. The summed E-state index contributed by atoms with van der Waals surface area (Å²) >= 11 is 7.25. The monoisotopic (exact) mass is 466 g/mol. The number of pyridine rings is 1. The van der Waals surface area contributed by atoms with Crippen LogP contribution in [-0.4, -0.2) is 24.5 Å². The smallest absolute Gasteiger partial charge is 0.337 e.